The summed E-state index contributed by atoms with van der Waals surface area (Å²) in [5, 5.41) is 10.4. The Bertz CT molecular complexity index is 327. The van der Waals surface area contributed by atoms with Crippen molar-refractivity contribution in [2.45, 2.75) is 25.0 Å². The molecule has 0 fully saturated rings. The molecule has 0 aliphatic heterocycles. The fourth-order valence-electron chi connectivity index (χ4n) is 1.78. The van der Waals surface area contributed by atoms with Crippen LogP contribution in [0, 0.1) is 0 Å². The van der Waals surface area contributed by atoms with Gasteiger partial charge in [0, 0.05) is 11.1 Å². The molecule has 3 N–H and O–H groups in total. The van der Waals surface area contributed by atoms with Crippen LogP contribution in [-0.2, 0) is 6.42 Å². The van der Waals surface area contributed by atoms with Gasteiger partial charge in [-0.15, -0.1) is 0 Å². The molecule has 0 radical (unpaired) electrons. The highest BCUT2D eigenvalue weighted by Crippen LogP contribution is 2.30. The van der Waals surface area contributed by atoms with Gasteiger partial charge in [0.25, 0.3) is 0 Å². The third kappa shape index (κ3) is 1.57. The second kappa shape index (κ2) is 3.29. The Morgan fingerprint density at radius 2 is 2.23 bits per heavy atom. The first-order valence-corrected chi connectivity index (χ1v) is 4.78. The lowest BCUT2D eigenvalue weighted by atomic mass is 9.86. The molecule has 0 aromatic heterocycles. The molecule has 70 valence electrons. The summed E-state index contributed by atoms with van der Waals surface area (Å²) in [5.74, 6) is 0. The zero-order chi connectivity index (χ0) is 9.42. The molecule has 0 amide bonds. The molecule has 0 spiro atoms. The van der Waals surface area contributed by atoms with Crippen molar-refractivity contribution >= 4 is 11.6 Å². The molecule has 2 rings (SSSR count). The van der Waals surface area contributed by atoms with Gasteiger partial charge in [0.05, 0.1) is 6.10 Å². The molecule has 1 aliphatic rings. The van der Waals surface area contributed by atoms with E-state index in [9.17, 15) is 5.11 Å². The number of rotatable bonds is 0. The first kappa shape index (κ1) is 9.00. The predicted molar refractivity (Wildman–Crippen MR) is 52.7 cm³/mol. The molecule has 2 nitrogen and oxygen atoms in total. The molecule has 0 saturated heterocycles. The van der Waals surface area contributed by atoms with E-state index in [1.165, 1.54) is 5.56 Å². The topological polar surface area (TPSA) is 46.2 Å². The Morgan fingerprint density at radius 1 is 1.46 bits per heavy atom. The molecule has 3 heteroatoms. The van der Waals surface area contributed by atoms with Crippen LogP contribution in [0.3, 0.4) is 0 Å². The summed E-state index contributed by atoms with van der Waals surface area (Å²) in [6.45, 7) is 0. The van der Waals surface area contributed by atoms with Crippen LogP contribution in [-0.4, -0.2) is 11.1 Å². The van der Waals surface area contributed by atoms with E-state index in [2.05, 4.69) is 0 Å². The van der Waals surface area contributed by atoms with E-state index in [4.69, 9.17) is 17.3 Å². The van der Waals surface area contributed by atoms with Crippen molar-refractivity contribution in [1.82, 2.24) is 0 Å². The molecular formula is C10H12ClNO. The van der Waals surface area contributed by atoms with Crippen LogP contribution >= 0.6 is 11.6 Å². The number of halogens is 1. The van der Waals surface area contributed by atoms with Crippen molar-refractivity contribution in [3.8, 4) is 0 Å². The first-order valence-electron chi connectivity index (χ1n) is 4.40. The van der Waals surface area contributed by atoms with Gasteiger partial charge in [-0.25, -0.2) is 0 Å². The third-order valence-corrected chi connectivity index (χ3v) is 2.81. The normalized spacial score (nSPS) is 27.0. The van der Waals surface area contributed by atoms with E-state index in [1.54, 1.807) is 6.07 Å². The molecule has 0 bridgehead atoms. The third-order valence-electron chi connectivity index (χ3n) is 2.58. The summed E-state index contributed by atoms with van der Waals surface area (Å²) in [6.07, 6.45) is 1.23. The van der Waals surface area contributed by atoms with Crippen LogP contribution in [0.1, 0.15) is 23.7 Å². The number of aryl methyl sites for hydroxylation is 1. The lowest BCUT2D eigenvalue weighted by molar-refractivity contribution is 0.134. The second-order valence-electron chi connectivity index (χ2n) is 3.49. The first-order chi connectivity index (χ1) is 6.18. The van der Waals surface area contributed by atoms with Crippen molar-refractivity contribution < 1.29 is 5.11 Å². The lowest BCUT2D eigenvalue weighted by Gasteiger charge is -2.27. The number of fused-ring (bicyclic) bond motifs is 1. The zero-order valence-electron chi connectivity index (χ0n) is 7.20. The molecule has 0 heterocycles. The summed E-state index contributed by atoms with van der Waals surface area (Å²) >= 11 is 5.84. The Kier molecular flexibility index (Phi) is 2.28. The summed E-state index contributed by atoms with van der Waals surface area (Å²) in [4.78, 5) is 0. The number of aliphatic hydroxyl groups is 1. The van der Waals surface area contributed by atoms with Gasteiger partial charge in [0.1, 0.15) is 0 Å². The highest BCUT2D eigenvalue weighted by molar-refractivity contribution is 6.30. The van der Waals surface area contributed by atoms with Crippen molar-refractivity contribution in [3.63, 3.8) is 0 Å². The second-order valence-corrected chi connectivity index (χ2v) is 3.93. The fourth-order valence-corrected chi connectivity index (χ4v) is 1.96. The van der Waals surface area contributed by atoms with Crippen LogP contribution in [0.4, 0.5) is 0 Å². The van der Waals surface area contributed by atoms with Crippen LogP contribution in [0.2, 0.25) is 5.02 Å². The molecule has 1 aromatic carbocycles. The van der Waals surface area contributed by atoms with Crippen molar-refractivity contribution in [2.24, 2.45) is 5.73 Å². The molecular weight excluding hydrogens is 186 g/mol. The Balaban J connectivity index is 2.45. The maximum absolute atomic E-state index is 9.77. The largest absolute Gasteiger partial charge is 0.387 e. The van der Waals surface area contributed by atoms with Crippen molar-refractivity contribution in [2.75, 3.05) is 0 Å². The SMILES string of the molecule is NC1CCc2ccc(Cl)cc2C1O. The van der Waals surface area contributed by atoms with Crippen LogP contribution in [0.25, 0.3) is 0 Å². The van der Waals surface area contributed by atoms with Gasteiger partial charge < -0.3 is 10.8 Å². The summed E-state index contributed by atoms with van der Waals surface area (Å²) in [5.41, 5.74) is 7.81. The number of benzene rings is 1. The van der Waals surface area contributed by atoms with E-state index in [-0.39, 0.29) is 6.04 Å². The highest BCUT2D eigenvalue weighted by atomic mass is 35.5. The Hall–Kier alpha value is -0.570. The van der Waals surface area contributed by atoms with Gasteiger partial charge >= 0.3 is 0 Å². The number of nitrogens with two attached hydrogens (primary N) is 1. The van der Waals surface area contributed by atoms with Gasteiger partial charge in [-0.05, 0) is 36.1 Å². The van der Waals surface area contributed by atoms with Crippen LogP contribution < -0.4 is 5.73 Å². The number of hydrogen-bond acceptors (Lipinski definition) is 2. The monoisotopic (exact) mass is 197 g/mol. The minimum absolute atomic E-state index is 0.147. The van der Waals surface area contributed by atoms with Gasteiger partial charge in [-0.3, -0.25) is 0 Å². The summed E-state index contributed by atoms with van der Waals surface area (Å²) in [7, 11) is 0. The highest BCUT2D eigenvalue weighted by Gasteiger charge is 2.24. The van der Waals surface area contributed by atoms with E-state index in [1.807, 2.05) is 12.1 Å². The molecule has 1 aromatic rings. The van der Waals surface area contributed by atoms with Crippen molar-refractivity contribution in [1.29, 1.82) is 0 Å². The van der Waals surface area contributed by atoms with Crippen molar-refractivity contribution in [3.05, 3.63) is 34.3 Å². The Morgan fingerprint density at radius 3 is 3.00 bits per heavy atom. The molecule has 2 atom stereocenters. The van der Waals surface area contributed by atoms with Gasteiger partial charge in [0.2, 0.25) is 0 Å². The summed E-state index contributed by atoms with van der Waals surface area (Å²) < 4.78 is 0. The maximum atomic E-state index is 9.77. The van der Waals surface area contributed by atoms with Crippen LogP contribution in [0.5, 0.6) is 0 Å². The average Bonchev–Trinajstić information content (AvgIpc) is 2.12. The smallest absolute Gasteiger partial charge is 0.0944 e. The molecule has 1 aliphatic carbocycles. The molecule has 2 unspecified atom stereocenters. The quantitative estimate of drug-likeness (QED) is 0.665. The molecule has 13 heavy (non-hydrogen) atoms. The van der Waals surface area contributed by atoms with Gasteiger partial charge in [0.15, 0.2) is 0 Å². The maximum Gasteiger partial charge on any atom is 0.0944 e. The van der Waals surface area contributed by atoms with Crippen LogP contribution in [0.15, 0.2) is 18.2 Å². The summed E-state index contributed by atoms with van der Waals surface area (Å²) in [6, 6.07) is 5.48. The van der Waals surface area contributed by atoms with E-state index in [0.29, 0.717) is 5.02 Å². The number of aliphatic hydroxyl groups excluding tert-OH is 1. The Labute approximate surface area is 82.3 Å². The van der Waals surface area contributed by atoms with Gasteiger partial charge in [-0.2, -0.15) is 0 Å². The number of hydrogen-bond donors (Lipinski definition) is 2. The predicted octanol–water partition coefficient (Wildman–Crippen LogP) is 1.65. The van der Waals surface area contributed by atoms with E-state index in [0.717, 1.165) is 18.4 Å². The lowest BCUT2D eigenvalue weighted by Crippen LogP contribution is -2.32. The van der Waals surface area contributed by atoms with E-state index >= 15 is 0 Å². The minimum atomic E-state index is -0.553. The fraction of sp³-hybridized carbons (Fsp3) is 0.400. The van der Waals surface area contributed by atoms with Gasteiger partial charge in [-0.1, -0.05) is 17.7 Å². The zero-order valence-corrected chi connectivity index (χ0v) is 7.96. The van der Waals surface area contributed by atoms with E-state index < -0.39 is 6.10 Å². The standard InChI is InChI=1S/C10H12ClNO/c11-7-3-1-6-2-4-9(12)10(13)8(6)5-7/h1,3,5,9-10,13H,2,4,12H2. The average molecular weight is 198 g/mol. The minimum Gasteiger partial charge on any atom is -0.387 e. The molecule has 0 saturated carbocycles.